The molecule has 116 valence electrons. The van der Waals surface area contributed by atoms with Crippen LogP contribution in [0.1, 0.15) is 45.4 Å². The molecule has 1 saturated heterocycles. The summed E-state index contributed by atoms with van der Waals surface area (Å²) in [6.07, 6.45) is 5.36. The van der Waals surface area contributed by atoms with E-state index in [1.807, 2.05) is 6.92 Å². The van der Waals surface area contributed by atoms with Crippen molar-refractivity contribution in [2.24, 2.45) is 17.3 Å². The minimum atomic E-state index is -0.874. The van der Waals surface area contributed by atoms with Crippen LogP contribution in [0.3, 0.4) is 0 Å². The van der Waals surface area contributed by atoms with E-state index in [1.54, 1.807) is 4.90 Å². The molecular weight excluding hydrogens is 268 g/mol. The summed E-state index contributed by atoms with van der Waals surface area (Å²) in [6.45, 7) is 2.89. The fourth-order valence-corrected chi connectivity index (χ4v) is 3.60. The van der Waals surface area contributed by atoms with Gasteiger partial charge in [-0.2, -0.15) is 5.26 Å². The Morgan fingerprint density at radius 1 is 1.19 bits per heavy atom. The summed E-state index contributed by atoms with van der Waals surface area (Å²) in [4.78, 5) is 26.3. The minimum absolute atomic E-state index is 0.0786. The maximum atomic E-state index is 12.9. The second-order valence-corrected chi connectivity index (χ2v) is 6.43. The van der Waals surface area contributed by atoms with Gasteiger partial charge in [0.1, 0.15) is 5.41 Å². The van der Waals surface area contributed by atoms with Gasteiger partial charge in [-0.15, -0.1) is 0 Å². The normalized spacial score (nSPS) is 28.5. The zero-order chi connectivity index (χ0) is 15.5. The average molecular weight is 292 g/mol. The van der Waals surface area contributed by atoms with E-state index in [4.69, 9.17) is 4.74 Å². The molecule has 21 heavy (non-hydrogen) atoms. The first-order chi connectivity index (χ1) is 10.0. The van der Waals surface area contributed by atoms with Crippen LogP contribution in [0.4, 0.5) is 0 Å². The molecule has 2 rings (SSSR count). The molecule has 0 aromatic carbocycles. The van der Waals surface area contributed by atoms with Gasteiger partial charge in [0.15, 0.2) is 0 Å². The standard InChI is InChI=1S/C16H24N2O3/c1-12-9-18(10-13(12)14(19)21-2)15(20)16(11-17)7-5-3-4-6-8-16/h12-13H,3-10H2,1-2H3. The summed E-state index contributed by atoms with van der Waals surface area (Å²) in [6, 6.07) is 2.30. The molecule has 0 bridgehead atoms. The van der Waals surface area contributed by atoms with Crippen molar-refractivity contribution < 1.29 is 14.3 Å². The van der Waals surface area contributed by atoms with E-state index < -0.39 is 5.41 Å². The molecule has 1 amide bonds. The van der Waals surface area contributed by atoms with Gasteiger partial charge in [0.2, 0.25) is 5.91 Å². The number of esters is 1. The molecule has 1 heterocycles. The van der Waals surface area contributed by atoms with Crippen molar-refractivity contribution >= 4 is 11.9 Å². The van der Waals surface area contributed by atoms with Crippen LogP contribution < -0.4 is 0 Å². The van der Waals surface area contributed by atoms with E-state index in [1.165, 1.54) is 7.11 Å². The largest absolute Gasteiger partial charge is 0.469 e. The minimum Gasteiger partial charge on any atom is -0.469 e. The lowest BCUT2D eigenvalue weighted by Crippen LogP contribution is -2.42. The van der Waals surface area contributed by atoms with Gasteiger partial charge in [0.25, 0.3) is 0 Å². The monoisotopic (exact) mass is 292 g/mol. The van der Waals surface area contributed by atoms with Crippen molar-refractivity contribution in [1.82, 2.24) is 4.90 Å². The zero-order valence-electron chi connectivity index (χ0n) is 12.9. The van der Waals surface area contributed by atoms with Crippen LogP contribution in [0, 0.1) is 28.6 Å². The van der Waals surface area contributed by atoms with Crippen LogP contribution in [-0.2, 0) is 14.3 Å². The first-order valence-corrected chi connectivity index (χ1v) is 7.82. The molecule has 1 aliphatic heterocycles. The fourth-order valence-electron chi connectivity index (χ4n) is 3.60. The molecule has 0 aromatic heterocycles. The lowest BCUT2D eigenvalue weighted by Gasteiger charge is -2.29. The van der Waals surface area contributed by atoms with E-state index in [2.05, 4.69) is 6.07 Å². The average Bonchev–Trinajstić information content (AvgIpc) is 2.74. The predicted octanol–water partition coefficient (Wildman–Crippen LogP) is 2.12. The Kier molecular flexibility index (Phi) is 4.87. The van der Waals surface area contributed by atoms with Gasteiger partial charge in [0, 0.05) is 13.1 Å². The Labute approximate surface area is 126 Å². The highest BCUT2D eigenvalue weighted by atomic mass is 16.5. The van der Waals surface area contributed by atoms with Crippen molar-refractivity contribution in [2.45, 2.75) is 45.4 Å². The number of ether oxygens (including phenoxy) is 1. The van der Waals surface area contributed by atoms with Gasteiger partial charge in [-0.25, -0.2) is 0 Å². The van der Waals surface area contributed by atoms with E-state index in [9.17, 15) is 14.9 Å². The Morgan fingerprint density at radius 2 is 1.81 bits per heavy atom. The van der Waals surface area contributed by atoms with Crippen molar-refractivity contribution in [3.05, 3.63) is 0 Å². The summed E-state index contributed by atoms with van der Waals surface area (Å²) < 4.78 is 4.81. The molecule has 1 aliphatic carbocycles. The van der Waals surface area contributed by atoms with Crippen LogP contribution in [0.2, 0.25) is 0 Å². The topological polar surface area (TPSA) is 70.4 Å². The predicted molar refractivity (Wildman–Crippen MR) is 77.0 cm³/mol. The number of rotatable bonds is 2. The highest BCUT2D eigenvalue weighted by Crippen LogP contribution is 2.38. The van der Waals surface area contributed by atoms with Gasteiger partial charge in [-0.1, -0.05) is 32.6 Å². The Hall–Kier alpha value is -1.57. The van der Waals surface area contributed by atoms with Crippen LogP contribution in [-0.4, -0.2) is 37.0 Å². The van der Waals surface area contributed by atoms with Crippen LogP contribution in [0.5, 0.6) is 0 Å². The number of nitrogens with zero attached hydrogens (tertiary/aromatic N) is 2. The molecule has 0 radical (unpaired) electrons. The summed E-state index contributed by atoms with van der Waals surface area (Å²) in [7, 11) is 1.38. The first-order valence-electron chi connectivity index (χ1n) is 7.82. The van der Waals surface area contributed by atoms with Crippen LogP contribution in [0.25, 0.3) is 0 Å². The second-order valence-electron chi connectivity index (χ2n) is 6.43. The van der Waals surface area contributed by atoms with Crippen LogP contribution >= 0.6 is 0 Å². The molecule has 2 atom stereocenters. The molecule has 2 aliphatic rings. The smallest absolute Gasteiger partial charge is 0.310 e. The van der Waals surface area contributed by atoms with Gasteiger partial charge in [-0.3, -0.25) is 9.59 Å². The number of hydrogen-bond acceptors (Lipinski definition) is 4. The molecular formula is C16H24N2O3. The third kappa shape index (κ3) is 3.04. The molecule has 0 aromatic rings. The highest BCUT2D eigenvalue weighted by Gasteiger charge is 2.46. The lowest BCUT2D eigenvalue weighted by molar-refractivity contribution is -0.146. The van der Waals surface area contributed by atoms with Crippen LogP contribution in [0.15, 0.2) is 0 Å². The summed E-state index contributed by atoms with van der Waals surface area (Å²) >= 11 is 0. The van der Waals surface area contributed by atoms with Gasteiger partial charge in [0.05, 0.1) is 19.1 Å². The Balaban J connectivity index is 2.12. The number of methoxy groups -OCH3 is 1. The molecule has 0 spiro atoms. The van der Waals surface area contributed by atoms with E-state index in [0.29, 0.717) is 25.9 Å². The SMILES string of the molecule is COC(=O)C1CN(C(=O)C2(C#N)CCCCCC2)CC1C. The Morgan fingerprint density at radius 3 is 2.33 bits per heavy atom. The third-order valence-corrected chi connectivity index (χ3v) is 4.98. The first kappa shape index (κ1) is 15.8. The van der Waals surface area contributed by atoms with E-state index in [0.717, 1.165) is 25.7 Å². The maximum absolute atomic E-state index is 12.9. The molecule has 5 heteroatoms. The molecule has 5 nitrogen and oxygen atoms in total. The number of carbonyl (C=O) groups excluding carboxylic acids is 2. The Bertz CT molecular complexity index is 447. The molecule has 0 N–H and O–H groups in total. The molecule has 2 fully saturated rings. The highest BCUT2D eigenvalue weighted by molar-refractivity contribution is 5.86. The number of carbonyl (C=O) groups is 2. The zero-order valence-corrected chi connectivity index (χ0v) is 12.9. The van der Waals surface area contributed by atoms with Gasteiger partial charge >= 0.3 is 5.97 Å². The second kappa shape index (κ2) is 6.46. The fraction of sp³-hybridized carbons (Fsp3) is 0.812. The molecule has 2 unspecified atom stereocenters. The van der Waals surface area contributed by atoms with Gasteiger partial charge < -0.3 is 9.64 Å². The third-order valence-electron chi connectivity index (χ3n) is 4.98. The number of likely N-dealkylation sites (tertiary alicyclic amines) is 1. The van der Waals surface area contributed by atoms with Crippen molar-refractivity contribution in [2.75, 3.05) is 20.2 Å². The summed E-state index contributed by atoms with van der Waals surface area (Å²) in [5.74, 6) is -0.516. The number of nitriles is 1. The maximum Gasteiger partial charge on any atom is 0.310 e. The lowest BCUT2D eigenvalue weighted by atomic mass is 9.80. The quantitative estimate of drug-likeness (QED) is 0.577. The number of hydrogen-bond donors (Lipinski definition) is 0. The number of amides is 1. The van der Waals surface area contributed by atoms with E-state index in [-0.39, 0.29) is 23.7 Å². The van der Waals surface area contributed by atoms with Gasteiger partial charge in [-0.05, 0) is 18.8 Å². The summed E-state index contributed by atoms with van der Waals surface area (Å²) in [5.41, 5.74) is -0.874. The van der Waals surface area contributed by atoms with E-state index >= 15 is 0 Å². The van der Waals surface area contributed by atoms with Crippen molar-refractivity contribution in [3.8, 4) is 6.07 Å². The molecule has 1 saturated carbocycles. The van der Waals surface area contributed by atoms with Crippen molar-refractivity contribution in [1.29, 1.82) is 5.26 Å². The van der Waals surface area contributed by atoms with Crippen molar-refractivity contribution in [3.63, 3.8) is 0 Å². The summed E-state index contributed by atoms with van der Waals surface area (Å²) in [5, 5.41) is 9.60.